The number of pyridine rings is 1. The van der Waals surface area contributed by atoms with Gasteiger partial charge in [-0.05, 0) is 44.0 Å². The van der Waals surface area contributed by atoms with Crippen LogP contribution in [0.15, 0.2) is 30.5 Å². The quantitative estimate of drug-likeness (QED) is 0.846. The van der Waals surface area contributed by atoms with Gasteiger partial charge in [0.25, 0.3) is 5.91 Å². The van der Waals surface area contributed by atoms with E-state index < -0.39 is 0 Å². The zero-order chi connectivity index (χ0) is 17.0. The highest BCUT2D eigenvalue weighted by Crippen LogP contribution is 2.21. The van der Waals surface area contributed by atoms with Crippen LogP contribution in [0.4, 0.5) is 5.69 Å². The Morgan fingerprint density at radius 3 is 2.39 bits per heavy atom. The number of anilines is 1. The number of aromatic nitrogens is 1. The lowest BCUT2D eigenvalue weighted by atomic mass is 10.1. The van der Waals surface area contributed by atoms with E-state index in [1.54, 1.807) is 0 Å². The fourth-order valence-electron chi connectivity index (χ4n) is 2.37. The number of carbonyl (C=O) groups is 2. The second kappa shape index (κ2) is 7.24. The minimum atomic E-state index is -0.373. The van der Waals surface area contributed by atoms with Gasteiger partial charge in [-0.15, -0.1) is 0 Å². The second-order valence-corrected chi connectivity index (χ2v) is 5.76. The monoisotopic (exact) mass is 331 g/mol. The first-order valence-corrected chi connectivity index (χ1v) is 7.52. The number of aryl methyl sites for hydroxylation is 3. The predicted molar refractivity (Wildman–Crippen MR) is 90.9 cm³/mol. The fraction of sp³-hybridized carbons (Fsp3) is 0.235. The van der Waals surface area contributed by atoms with Crippen LogP contribution in [0.2, 0.25) is 5.15 Å². The zero-order valence-corrected chi connectivity index (χ0v) is 14.0. The summed E-state index contributed by atoms with van der Waals surface area (Å²) in [6.07, 6.45) is 1.44. The molecule has 0 atom stereocenters. The van der Waals surface area contributed by atoms with E-state index in [4.69, 9.17) is 11.6 Å². The molecule has 2 aromatic rings. The lowest BCUT2D eigenvalue weighted by molar-refractivity contribution is -0.115. The maximum absolute atomic E-state index is 12.0. The predicted octanol–water partition coefficient (Wildman–Crippen LogP) is 3.03. The number of hydrogen-bond donors (Lipinski definition) is 2. The van der Waals surface area contributed by atoms with Crippen molar-refractivity contribution in [1.82, 2.24) is 10.3 Å². The van der Waals surface area contributed by atoms with E-state index in [1.807, 2.05) is 32.9 Å². The van der Waals surface area contributed by atoms with Gasteiger partial charge in [-0.2, -0.15) is 0 Å². The van der Waals surface area contributed by atoms with Crippen LogP contribution < -0.4 is 10.6 Å². The molecule has 1 aromatic carbocycles. The Morgan fingerprint density at radius 1 is 1.13 bits per heavy atom. The normalized spacial score (nSPS) is 10.3. The maximum atomic E-state index is 12.0. The van der Waals surface area contributed by atoms with Crippen molar-refractivity contribution in [2.75, 3.05) is 11.9 Å². The van der Waals surface area contributed by atoms with Gasteiger partial charge in [-0.25, -0.2) is 4.98 Å². The molecule has 0 spiro atoms. The van der Waals surface area contributed by atoms with Crippen molar-refractivity contribution in [2.24, 2.45) is 0 Å². The van der Waals surface area contributed by atoms with Gasteiger partial charge in [0.2, 0.25) is 5.91 Å². The van der Waals surface area contributed by atoms with Gasteiger partial charge in [0.1, 0.15) is 5.15 Å². The number of hydrogen-bond acceptors (Lipinski definition) is 3. The highest BCUT2D eigenvalue weighted by Gasteiger charge is 2.11. The Kier molecular flexibility index (Phi) is 5.34. The molecule has 2 rings (SSSR count). The van der Waals surface area contributed by atoms with Crippen LogP contribution in [0.3, 0.4) is 0 Å². The Hall–Kier alpha value is -2.40. The molecular formula is C17H18ClN3O2. The first-order chi connectivity index (χ1) is 10.9. The summed E-state index contributed by atoms with van der Waals surface area (Å²) in [6, 6.07) is 6.98. The molecule has 0 aliphatic rings. The summed E-state index contributed by atoms with van der Waals surface area (Å²) in [5.74, 6) is -0.657. The summed E-state index contributed by atoms with van der Waals surface area (Å²) < 4.78 is 0. The van der Waals surface area contributed by atoms with Crippen molar-refractivity contribution < 1.29 is 9.59 Å². The van der Waals surface area contributed by atoms with Gasteiger partial charge in [0.15, 0.2) is 0 Å². The topological polar surface area (TPSA) is 71.1 Å². The summed E-state index contributed by atoms with van der Waals surface area (Å²) in [4.78, 5) is 27.8. The largest absolute Gasteiger partial charge is 0.343 e. The van der Waals surface area contributed by atoms with Crippen molar-refractivity contribution in [2.45, 2.75) is 20.8 Å². The van der Waals surface area contributed by atoms with Crippen LogP contribution in [0.25, 0.3) is 0 Å². The lowest BCUT2D eigenvalue weighted by Gasteiger charge is -2.13. The third kappa shape index (κ3) is 4.53. The van der Waals surface area contributed by atoms with Crippen LogP contribution >= 0.6 is 11.6 Å². The van der Waals surface area contributed by atoms with Gasteiger partial charge in [0, 0.05) is 17.4 Å². The number of benzene rings is 1. The number of halogens is 1. The second-order valence-electron chi connectivity index (χ2n) is 5.37. The van der Waals surface area contributed by atoms with Crippen LogP contribution in [-0.2, 0) is 4.79 Å². The summed E-state index contributed by atoms with van der Waals surface area (Å²) in [5, 5.41) is 5.62. The summed E-state index contributed by atoms with van der Waals surface area (Å²) in [7, 11) is 0. The number of amides is 2. The van der Waals surface area contributed by atoms with Crippen molar-refractivity contribution in [1.29, 1.82) is 0 Å². The smallest absolute Gasteiger partial charge is 0.251 e. The average Bonchev–Trinajstić information content (AvgIpc) is 2.48. The van der Waals surface area contributed by atoms with Gasteiger partial charge in [0.05, 0.1) is 6.54 Å². The maximum Gasteiger partial charge on any atom is 0.251 e. The molecule has 0 saturated heterocycles. The Bertz CT molecular complexity index is 736. The van der Waals surface area contributed by atoms with Crippen molar-refractivity contribution in [3.05, 3.63) is 57.9 Å². The fourth-order valence-corrected chi connectivity index (χ4v) is 2.54. The van der Waals surface area contributed by atoms with E-state index in [1.165, 1.54) is 18.3 Å². The summed E-state index contributed by atoms with van der Waals surface area (Å²) in [6.45, 7) is 5.76. The molecule has 0 aliphatic heterocycles. The molecular weight excluding hydrogens is 314 g/mol. The molecule has 0 aliphatic carbocycles. The van der Waals surface area contributed by atoms with Gasteiger partial charge >= 0.3 is 0 Å². The first kappa shape index (κ1) is 17.0. The van der Waals surface area contributed by atoms with Gasteiger partial charge < -0.3 is 10.6 Å². The van der Waals surface area contributed by atoms with Crippen LogP contribution in [0.5, 0.6) is 0 Å². The van der Waals surface area contributed by atoms with E-state index >= 15 is 0 Å². The molecule has 1 aromatic heterocycles. The van der Waals surface area contributed by atoms with Gasteiger partial charge in [-0.3, -0.25) is 9.59 Å². The molecule has 6 heteroatoms. The molecule has 23 heavy (non-hydrogen) atoms. The number of rotatable bonds is 4. The number of nitrogens with one attached hydrogen (secondary N) is 2. The summed E-state index contributed by atoms with van der Waals surface area (Å²) >= 11 is 5.74. The Labute approximate surface area is 140 Å². The summed E-state index contributed by atoms with van der Waals surface area (Å²) in [5.41, 5.74) is 4.26. The van der Waals surface area contributed by atoms with E-state index in [2.05, 4.69) is 15.6 Å². The van der Waals surface area contributed by atoms with Crippen LogP contribution in [-0.4, -0.2) is 23.3 Å². The number of carbonyl (C=O) groups excluding carboxylic acids is 2. The molecule has 1 heterocycles. The van der Waals surface area contributed by atoms with Crippen LogP contribution in [0, 0.1) is 20.8 Å². The minimum absolute atomic E-state index is 0.120. The highest BCUT2D eigenvalue weighted by atomic mass is 35.5. The molecule has 0 unspecified atom stereocenters. The SMILES string of the molecule is Cc1cc(C)c(NC(=O)CNC(=O)c2ccnc(Cl)c2)c(C)c1. The van der Waals surface area contributed by atoms with E-state index in [-0.39, 0.29) is 23.5 Å². The first-order valence-electron chi connectivity index (χ1n) is 7.14. The lowest BCUT2D eigenvalue weighted by Crippen LogP contribution is -2.33. The molecule has 2 amide bonds. The molecule has 0 saturated carbocycles. The van der Waals surface area contributed by atoms with E-state index in [0.717, 1.165) is 22.4 Å². The van der Waals surface area contributed by atoms with Crippen molar-refractivity contribution in [3.8, 4) is 0 Å². The third-order valence-corrected chi connectivity index (χ3v) is 3.55. The third-order valence-electron chi connectivity index (χ3n) is 3.34. The number of nitrogens with zero attached hydrogens (tertiary/aromatic N) is 1. The van der Waals surface area contributed by atoms with Gasteiger partial charge in [-0.1, -0.05) is 29.3 Å². The van der Waals surface area contributed by atoms with Crippen LogP contribution in [0.1, 0.15) is 27.0 Å². The molecule has 0 fully saturated rings. The Morgan fingerprint density at radius 2 is 1.78 bits per heavy atom. The molecule has 5 nitrogen and oxygen atoms in total. The Balaban J connectivity index is 1.97. The zero-order valence-electron chi connectivity index (χ0n) is 13.2. The average molecular weight is 332 g/mol. The molecule has 0 radical (unpaired) electrons. The minimum Gasteiger partial charge on any atom is -0.343 e. The van der Waals surface area contributed by atoms with Crippen molar-refractivity contribution in [3.63, 3.8) is 0 Å². The molecule has 0 bridgehead atoms. The molecule has 120 valence electrons. The molecule has 2 N–H and O–H groups in total. The van der Waals surface area contributed by atoms with E-state index in [0.29, 0.717) is 5.56 Å². The van der Waals surface area contributed by atoms with E-state index in [9.17, 15) is 9.59 Å². The standard InChI is InChI=1S/C17H18ClN3O2/c1-10-6-11(2)16(12(3)7-10)21-15(22)9-20-17(23)13-4-5-19-14(18)8-13/h4-8H,9H2,1-3H3,(H,20,23)(H,21,22). The van der Waals surface area contributed by atoms with Crippen molar-refractivity contribution >= 4 is 29.1 Å². The highest BCUT2D eigenvalue weighted by molar-refractivity contribution is 6.29.